The SMILES string of the molecule is CCCCCCCCCCCCCCCC[n+]1cc[nH]c1C(CCCCCCC)C(C)(Cc1ccccc1)c1ccccc1. The van der Waals surface area contributed by atoms with Crippen LogP contribution in [0.1, 0.15) is 172 Å². The lowest BCUT2D eigenvalue weighted by Gasteiger charge is -2.37. The van der Waals surface area contributed by atoms with Crippen molar-refractivity contribution < 1.29 is 4.57 Å². The van der Waals surface area contributed by atoms with Crippen LogP contribution in [-0.2, 0) is 18.4 Å². The molecule has 44 heavy (non-hydrogen) atoms. The van der Waals surface area contributed by atoms with Crippen LogP contribution < -0.4 is 4.57 Å². The second-order valence-electron chi connectivity index (χ2n) is 13.8. The number of unbranched alkanes of at least 4 members (excludes halogenated alkanes) is 17. The molecule has 0 radical (unpaired) electrons. The van der Waals surface area contributed by atoms with E-state index in [2.05, 4.69) is 103 Å². The Labute approximate surface area is 272 Å². The first kappa shape index (κ1) is 36.1. The minimum absolute atomic E-state index is 0.00940. The largest absolute Gasteiger partial charge is 0.258 e. The Bertz CT molecular complexity index is 1070. The zero-order chi connectivity index (χ0) is 31.1. The van der Waals surface area contributed by atoms with Gasteiger partial charge in [0.15, 0.2) is 0 Å². The van der Waals surface area contributed by atoms with Crippen molar-refractivity contribution in [1.82, 2.24) is 4.98 Å². The van der Waals surface area contributed by atoms with Crippen molar-refractivity contribution in [2.45, 2.75) is 173 Å². The quantitative estimate of drug-likeness (QED) is 0.0699. The van der Waals surface area contributed by atoms with Crippen molar-refractivity contribution >= 4 is 0 Å². The number of nitrogens with zero attached hydrogens (tertiary/aromatic N) is 1. The van der Waals surface area contributed by atoms with Crippen molar-refractivity contribution in [1.29, 1.82) is 0 Å². The van der Waals surface area contributed by atoms with Gasteiger partial charge in [-0.1, -0.05) is 191 Å². The number of benzene rings is 2. The monoisotopic (exact) mass is 600 g/mol. The second kappa shape index (κ2) is 22.2. The van der Waals surface area contributed by atoms with Gasteiger partial charge in [-0.05, 0) is 36.8 Å². The van der Waals surface area contributed by atoms with Crippen molar-refractivity contribution in [3.63, 3.8) is 0 Å². The molecule has 2 atom stereocenters. The average Bonchev–Trinajstić information content (AvgIpc) is 3.51. The number of imidazole rings is 1. The molecule has 1 heterocycles. The molecule has 0 aliphatic rings. The van der Waals surface area contributed by atoms with Gasteiger partial charge in [-0.3, -0.25) is 0 Å². The molecular formula is C42H67N2+. The van der Waals surface area contributed by atoms with E-state index in [0.29, 0.717) is 5.92 Å². The van der Waals surface area contributed by atoms with Gasteiger partial charge in [-0.25, -0.2) is 9.55 Å². The highest BCUT2D eigenvalue weighted by Gasteiger charge is 2.41. The third-order valence-corrected chi connectivity index (χ3v) is 10.1. The first-order valence-corrected chi connectivity index (χ1v) is 18.8. The lowest BCUT2D eigenvalue weighted by molar-refractivity contribution is -0.705. The minimum atomic E-state index is 0.00940. The van der Waals surface area contributed by atoms with Gasteiger partial charge < -0.3 is 0 Å². The van der Waals surface area contributed by atoms with Gasteiger partial charge in [0.2, 0.25) is 0 Å². The topological polar surface area (TPSA) is 19.7 Å². The van der Waals surface area contributed by atoms with Crippen LogP contribution >= 0.6 is 0 Å². The average molecular weight is 600 g/mol. The van der Waals surface area contributed by atoms with Crippen molar-refractivity contribution in [3.8, 4) is 0 Å². The predicted octanol–water partition coefficient (Wildman–Crippen LogP) is 12.4. The van der Waals surface area contributed by atoms with E-state index in [-0.39, 0.29) is 5.41 Å². The maximum absolute atomic E-state index is 3.78. The molecule has 0 aliphatic carbocycles. The summed E-state index contributed by atoms with van der Waals surface area (Å²) in [5.74, 6) is 1.87. The molecule has 0 fully saturated rings. The molecule has 0 saturated heterocycles. The van der Waals surface area contributed by atoms with Crippen LogP contribution in [0.15, 0.2) is 73.1 Å². The molecule has 2 aromatic carbocycles. The van der Waals surface area contributed by atoms with E-state index in [1.807, 2.05) is 0 Å². The summed E-state index contributed by atoms with van der Waals surface area (Å²) in [5, 5.41) is 0. The van der Waals surface area contributed by atoms with E-state index in [9.17, 15) is 0 Å². The van der Waals surface area contributed by atoms with Gasteiger partial charge in [0, 0.05) is 5.41 Å². The van der Waals surface area contributed by atoms with Crippen LogP contribution in [0.25, 0.3) is 0 Å². The number of aromatic amines is 1. The summed E-state index contributed by atoms with van der Waals surface area (Å²) in [6.07, 6.45) is 33.2. The maximum atomic E-state index is 3.78. The molecule has 0 amide bonds. The van der Waals surface area contributed by atoms with E-state index >= 15 is 0 Å². The summed E-state index contributed by atoms with van der Waals surface area (Å²) >= 11 is 0. The predicted molar refractivity (Wildman–Crippen MR) is 191 cm³/mol. The zero-order valence-electron chi connectivity index (χ0n) is 29.0. The molecule has 1 N–H and O–H groups in total. The maximum Gasteiger partial charge on any atom is 0.258 e. The summed E-state index contributed by atoms with van der Waals surface area (Å²) in [6.45, 7) is 8.27. The Balaban J connectivity index is 1.57. The van der Waals surface area contributed by atoms with Crippen molar-refractivity contribution in [3.05, 3.63) is 90.0 Å². The number of aryl methyl sites for hydroxylation is 1. The fraction of sp³-hybridized carbons (Fsp3) is 0.643. The Kier molecular flexibility index (Phi) is 18.2. The van der Waals surface area contributed by atoms with E-state index in [1.165, 1.54) is 145 Å². The van der Waals surface area contributed by atoms with E-state index in [0.717, 1.165) is 13.0 Å². The van der Waals surface area contributed by atoms with Gasteiger partial charge in [-0.2, -0.15) is 0 Å². The normalized spacial score (nSPS) is 13.6. The number of H-pyrrole nitrogens is 1. The highest BCUT2D eigenvalue weighted by atomic mass is 15.1. The van der Waals surface area contributed by atoms with Gasteiger partial charge in [0.05, 0.1) is 12.5 Å². The highest BCUT2D eigenvalue weighted by Crippen LogP contribution is 2.43. The third kappa shape index (κ3) is 12.9. The molecule has 0 saturated carbocycles. The number of nitrogens with one attached hydrogen (secondary N) is 1. The Morgan fingerprint density at radius 2 is 1.07 bits per heavy atom. The number of hydrogen-bond acceptors (Lipinski definition) is 0. The van der Waals surface area contributed by atoms with Crippen molar-refractivity contribution in [2.24, 2.45) is 0 Å². The highest BCUT2D eigenvalue weighted by molar-refractivity contribution is 5.32. The standard InChI is InChI=1S/C42H66N2/c1-4-6-8-10-11-12-13-14-15-16-17-18-20-28-35-44-36-34-43-41(44)40(33-27-19-9-7-5-2)42(3,39-31-25-22-26-32-39)37-38-29-23-21-24-30-38/h21-26,29-32,34,36,40H,4-20,27-28,33,35,37H2,1-3H3/p+1. The number of hydrogen-bond donors (Lipinski definition) is 1. The first-order chi connectivity index (χ1) is 21.7. The summed E-state index contributed by atoms with van der Waals surface area (Å²) in [4.78, 5) is 3.78. The van der Waals surface area contributed by atoms with Gasteiger partial charge in [-0.15, -0.1) is 0 Å². The number of aromatic nitrogens is 2. The molecule has 3 aromatic rings. The molecule has 0 spiro atoms. The van der Waals surface area contributed by atoms with E-state index in [4.69, 9.17) is 0 Å². The van der Waals surface area contributed by atoms with Gasteiger partial charge in [0.1, 0.15) is 12.4 Å². The summed E-state index contributed by atoms with van der Waals surface area (Å²) < 4.78 is 2.57. The van der Waals surface area contributed by atoms with Crippen molar-refractivity contribution in [2.75, 3.05) is 0 Å². The molecule has 0 bridgehead atoms. The minimum Gasteiger partial charge on any atom is -0.247 e. The molecule has 1 aromatic heterocycles. The van der Waals surface area contributed by atoms with Crippen LogP contribution in [0.5, 0.6) is 0 Å². The van der Waals surface area contributed by atoms with Crippen LogP contribution in [0.3, 0.4) is 0 Å². The zero-order valence-corrected chi connectivity index (χ0v) is 29.0. The van der Waals surface area contributed by atoms with Crippen LogP contribution in [0, 0.1) is 0 Å². The Hall–Kier alpha value is -2.35. The third-order valence-electron chi connectivity index (χ3n) is 10.1. The van der Waals surface area contributed by atoms with Crippen LogP contribution in [0.4, 0.5) is 0 Å². The molecule has 244 valence electrons. The Morgan fingerprint density at radius 3 is 1.61 bits per heavy atom. The number of rotatable bonds is 26. The summed E-state index contributed by atoms with van der Waals surface area (Å²) in [5.41, 5.74) is 2.90. The molecule has 0 aliphatic heterocycles. The molecule has 3 rings (SSSR count). The molecule has 2 heteroatoms. The summed E-state index contributed by atoms with van der Waals surface area (Å²) in [6, 6.07) is 22.5. The fourth-order valence-electron chi connectivity index (χ4n) is 7.32. The van der Waals surface area contributed by atoms with Crippen LogP contribution in [-0.4, -0.2) is 4.98 Å². The van der Waals surface area contributed by atoms with E-state index < -0.39 is 0 Å². The lowest BCUT2D eigenvalue weighted by atomic mass is 9.66. The first-order valence-electron chi connectivity index (χ1n) is 18.8. The second-order valence-corrected chi connectivity index (χ2v) is 13.8. The fourth-order valence-corrected chi connectivity index (χ4v) is 7.32. The smallest absolute Gasteiger partial charge is 0.247 e. The summed E-state index contributed by atoms with van der Waals surface area (Å²) in [7, 11) is 0. The van der Waals surface area contributed by atoms with Gasteiger partial charge in [0.25, 0.3) is 5.82 Å². The lowest BCUT2D eigenvalue weighted by Crippen LogP contribution is -2.43. The van der Waals surface area contributed by atoms with Crippen LogP contribution in [0.2, 0.25) is 0 Å². The Morgan fingerprint density at radius 1 is 0.591 bits per heavy atom. The molecule has 2 unspecified atom stereocenters. The van der Waals surface area contributed by atoms with E-state index in [1.54, 1.807) is 0 Å². The van der Waals surface area contributed by atoms with Gasteiger partial charge >= 0.3 is 0 Å². The molecule has 2 nitrogen and oxygen atoms in total. The molecular weight excluding hydrogens is 532 g/mol.